The lowest BCUT2D eigenvalue weighted by Crippen LogP contribution is -2.19. The smallest absolute Gasteiger partial charge is 0.303 e. The molecular weight excluding hydrogens is 315 g/mol. The Labute approximate surface area is 131 Å². The van der Waals surface area contributed by atoms with Gasteiger partial charge in [0.25, 0.3) is 0 Å². The SMILES string of the molecule is CC(C)(CC(=O)O)Cc1nc(-c2cc(Cl)cc(Cl)c2)no1. The second-order valence-corrected chi connectivity index (χ2v) is 6.45. The molecule has 1 aromatic carbocycles. The van der Waals surface area contributed by atoms with E-state index < -0.39 is 11.4 Å². The normalized spacial score (nSPS) is 11.6. The average molecular weight is 329 g/mol. The van der Waals surface area contributed by atoms with E-state index in [0.29, 0.717) is 33.7 Å². The van der Waals surface area contributed by atoms with Gasteiger partial charge < -0.3 is 9.63 Å². The van der Waals surface area contributed by atoms with E-state index in [-0.39, 0.29) is 6.42 Å². The van der Waals surface area contributed by atoms with Gasteiger partial charge in [0, 0.05) is 22.0 Å². The first kappa shape index (κ1) is 15.8. The first-order valence-corrected chi connectivity index (χ1v) is 7.02. The number of hydrogen-bond donors (Lipinski definition) is 1. The Morgan fingerprint density at radius 2 is 1.90 bits per heavy atom. The van der Waals surface area contributed by atoms with Gasteiger partial charge in [0.2, 0.25) is 11.7 Å². The number of benzene rings is 1. The van der Waals surface area contributed by atoms with Gasteiger partial charge in [0.15, 0.2) is 0 Å². The standard InChI is InChI=1S/C14H14Cl2N2O3/c1-14(2,7-12(19)20)6-11-17-13(18-21-11)8-3-9(15)5-10(16)4-8/h3-5H,6-7H2,1-2H3,(H,19,20). The lowest BCUT2D eigenvalue weighted by Gasteiger charge is -2.19. The largest absolute Gasteiger partial charge is 0.481 e. The van der Waals surface area contributed by atoms with Crippen LogP contribution in [0.25, 0.3) is 11.4 Å². The molecule has 5 nitrogen and oxygen atoms in total. The molecule has 2 aromatic rings. The van der Waals surface area contributed by atoms with E-state index >= 15 is 0 Å². The fraction of sp³-hybridized carbons (Fsp3) is 0.357. The van der Waals surface area contributed by atoms with E-state index in [1.165, 1.54) is 0 Å². The summed E-state index contributed by atoms with van der Waals surface area (Å²) in [6.45, 7) is 3.67. The van der Waals surface area contributed by atoms with Crippen molar-refractivity contribution >= 4 is 29.2 Å². The molecule has 0 saturated carbocycles. The average Bonchev–Trinajstić information content (AvgIpc) is 2.73. The number of carboxylic acid groups (broad SMARTS) is 1. The highest BCUT2D eigenvalue weighted by molar-refractivity contribution is 6.35. The van der Waals surface area contributed by atoms with Crippen LogP contribution >= 0.6 is 23.2 Å². The molecule has 21 heavy (non-hydrogen) atoms. The number of nitrogens with zero attached hydrogens (tertiary/aromatic N) is 2. The second-order valence-electron chi connectivity index (χ2n) is 5.58. The third kappa shape index (κ3) is 4.44. The predicted octanol–water partition coefficient (Wildman–Crippen LogP) is 4.09. The number of rotatable bonds is 5. The summed E-state index contributed by atoms with van der Waals surface area (Å²) in [7, 11) is 0. The van der Waals surface area contributed by atoms with Crippen LogP contribution in [0.3, 0.4) is 0 Å². The van der Waals surface area contributed by atoms with Crippen molar-refractivity contribution in [3.63, 3.8) is 0 Å². The Morgan fingerprint density at radius 3 is 2.48 bits per heavy atom. The maximum atomic E-state index is 10.8. The van der Waals surface area contributed by atoms with E-state index in [1.54, 1.807) is 18.2 Å². The highest BCUT2D eigenvalue weighted by atomic mass is 35.5. The fourth-order valence-electron chi connectivity index (χ4n) is 2.01. The van der Waals surface area contributed by atoms with Gasteiger partial charge in [-0.25, -0.2) is 0 Å². The zero-order valence-electron chi connectivity index (χ0n) is 11.6. The number of halogens is 2. The molecule has 0 fully saturated rings. The number of carbonyl (C=O) groups is 1. The molecule has 0 aliphatic heterocycles. The maximum Gasteiger partial charge on any atom is 0.303 e. The molecule has 0 bridgehead atoms. The topological polar surface area (TPSA) is 76.2 Å². The highest BCUT2D eigenvalue weighted by Gasteiger charge is 2.25. The van der Waals surface area contributed by atoms with Crippen molar-refractivity contribution in [1.29, 1.82) is 0 Å². The van der Waals surface area contributed by atoms with Crippen molar-refractivity contribution in [3.8, 4) is 11.4 Å². The number of hydrogen-bond acceptors (Lipinski definition) is 4. The van der Waals surface area contributed by atoms with E-state index in [0.717, 1.165) is 0 Å². The van der Waals surface area contributed by atoms with E-state index in [4.69, 9.17) is 32.8 Å². The Hall–Kier alpha value is -1.59. The van der Waals surface area contributed by atoms with Crippen LogP contribution in [0, 0.1) is 5.41 Å². The summed E-state index contributed by atoms with van der Waals surface area (Å²) < 4.78 is 5.18. The molecule has 0 spiro atoms. The summed E-state index contributed by atoms with van der Waals surface area (Å²) in [6.07, 6.45) is 0.397. The number of carboxylic acids is 1. The summed E-state index contributed by atoms with van der Waals surface area (Å²) in [5.41, 5.74) is 0.181. The Bertz CT molecular complexity index is 648. The van der Waals surface area contributed by atoms with Gasteiger partial charge >= 0.3 is 5.97 Å². The summed E-state index contributed by atoms with van der Waals surface area (Å²) in [4.78, 5) is 15.1. The highest BCUT2D eigenvalue weighted by Crippen LogP contribution is 2.28. The van der Waals surface area contributed by atoms with Crippen LogP contribution in [0.5, 0.6) is 0 Å². The van der Waals surface area contributed by atoms with Crippen LogP contribution in [-0.4, -0.2) is 21.2 Å². The van der Waals surface area contributed by atoms with E-state index in [1.807, 2.05) is 13.8 Å². The molecule has 1 heterocycles. The van der Waals surface area contributed by atoms with Crippen molar-refractivity contribution in [2.75, 3.05) is 0 Å². The molecule has 2 rings (SSSR count). The van der Waals surface area contributed by atoms with Gasteiger partial charge in [-0.2, -0.15) is 4.98 Å². The number of aromatic nitrogens is 2. The molecule has 112 valence electrons. The third-order valence-corrected chi connectivity index (χ3v) is 3.28. The van der Waals surface area contributed by atoms with Crippen molar-refractivity contribution in [3.05, 3.63) is 34.1 Å². The van der Waals surface area contributed by atoms with Gasteiger partial charge in [0.1, 0.15) is 0 Å². The zero-order valence-corrected chi connectivity index (χ0v) is 13.1. The summed E-state index contributed by atoms with van der Waals surface area (Å²) in [5.74, 6) is -0.103. The summed E-state index contributed by atoms with van der Waals surface area (Å²) >= 11 is 11.9. The van der Waals surface area contributed by atoms with Gasteiger partial charge in [-0.05, 0) is 23.6 Å². The van der Waals surface area contributed by atoms with E-state index in [9.17, 15) is 4.79 Å². The predicted molar refractivity (Wildman–Crippen MR) is 79.5 cm³/mol. The minimum Gasteiger partial charge on any atom is -0.481 e. The lowest BCUT2D eigenvalue weighted by molar-refractivity contribution is -0.139. The third-order valence-electron chi connectivity index (χ3n) is 2.85. The van der Waals surface area contributed by atoms with Crippen LogP contribution in [0.2, 0.25) is 10.0 Å². The molecule has 0 aliphatic rings. The minimum atomic E-state index is -0.860. The molecule has 0 aliphatic carbocycles. The molecule has 1 aromatic heterocycles. The van der Waals surface area contributed by atoms with Crippen molar-refractivity contribution in [2.45, 2.75) is 26.7 Å². The lowest BCUT2D eigenvalue weighted by atomic mass is 9.86. The van der Waals surface area contributed by atoms with Crippen LogP contribution in [-0.2, 0) is 11.2 Å². The van der Waals surface area contributed by atoms with E-state index in [2.05, 4.69) is 10.1 Å². The van der Waals surface area contributed by atoms with Crippen molar-refractivity contribution in [2.24, 2.45) is 5.41 Å². The fourth-order valence-corrected chi connectivity index (χ4v) is 2.53. The van der Waals surface area contributed by atoms with Crippen LogP contribution in [0.4, 0.5) is 0 Å². The maximum absolute atomic E-state index is 10.8. The van der Waals surface area contributed by atoms with Gasteiger partial charge in [-0.3, -0.25) is 4.79 Å². The first-order valence-electron chi connectivity index (χ1n) is 6.26. The quantitative estimate of drug-likeness (QED) is 0.894. The molecule has 0 amide bonds. The van der Waals surface area contributed by atoms with Crippen LogP contribution in [0.15, 0.2) is 22.7 Å². The second kappa shape index (κ2) is 6.03. The van der Waals surface area contributed by atoms with Crippen LogP contribution in [0.1, 0.15) is 26.2 Å². The molecule has 0 unspecified atom stereocenters. The molecule has 0 saturated heterocycles. The summed E-state index contributed by atoms with van der Waals surface area (Å²) in [6, 6.07) is 4.98. The van der Waals surface area contributed by atoms with Crippen LogP contribution < -0.4 is 0 Å². The van der Waals surface area contributed by atoms with Gasteiger partial charge in [-0.15, -0.1) is 0 Å². The Morgan fingerprint density at radius 1 is 1.29 bits per heavy atom. The minimum absolute atomic E-state index is 0.0215. The van der Waals surface area contributed by atoms with Crippen molar-refractivity contribution in [1.82, 2.24) is 10.1 Å². The molecular formula is C14H14Cl2N2O3. The summed E-state index contributed by atoms with van der Waals surface area (Å²) in [5, 5.41) is 13.7. The Balaban J connectivity index is 2.20. The molecule has 0 radical (unpaired) electrons. The zero-order chi connectivity index (χ0) is 15.6. The molecule has 1 N–H and O–H groups in total. The Kier molecular flexibility index (Phi) is 4.54. The van der Waals surface area contributed by atoms with Gasteiger partial charge in [0.05, 0.1) is 6.42 Å². The van der Waals surface area contributed by atoms with Crippen molar-refractivity contribution < 1.29 is 14.4 Å². The first-order chi connectivity index (χ1) is 9.75. The molecule has 7 heteroatoms. The monoisotopic (exact) mass is 328 g/mol. The molecule has 0 atom stereocenters. The number of aliphatic carboxylic acids is 1. The van der Waals surface area contributed by atoms with Gasteiger partial charge in [-0.1, -0.05) is 42.2 Å².